The molecule has 4 heteroatoms. The molecule has 8 aliphatic rings. The molecule has 0 saturated heterocycles. The van der Waals surface area contributed by atoms with Crippen LogP contribution in [0.3, 0.4) is 0 Å². The Labute approximate surface area is 814 Å². The summed E-state index contributed by atoms with van der Waals surface area (Å²) in [5.74, 6) is 0. The lowest BCUT2D eigenvalue weighted by Crippen LogP contribution is -2.26. The Morgan fingerprint density at radius 2 is 0.429 bits per heavy atom. The molecule has 0 bridgehead atoms. The lowest BCUT2D eigenvalue weighted by molar-refractivity contribution is 0.670. The van der Waals surface area contributed by atoms with Gasteiger partial charge in [0.25, 0.3) is 0 Å². The zero-order valence-electron chi connectivity index (χ0n) is 75.9. The van der Waals surface area contributed by atoms with Crippen molar-refractivity contribution in [2.45, 2.75) is 21.7 Å². The molecular formula is C136H80N2OS. The summed E-state index contributed by atoms with van der Waals surface area (Å²) in [6.45, 7) is 0. The Hall–Kier alpha value is -17.5. The third-order valence-electron chi connectivity index (χ3n) is 33.1. The highest BCUT2D eigenvalue weighted by Crippen LogP contribution is 2.70. The average molecular weight is 1790 g/mol. The molecule has 0 radical (unpaired) electrons. The minimum atomic E-state index is -0.676. The molecule has 0 N–H and O–H groups in total. The van der Waals surface area contributed by atoms with Gasteiger partial charge in [-0.3, -0.25) is 0 Å². The van der Waals surface area contributed by atoms with Crippen molar-refractivity contribution in [3.05, 3.63) is 574 Å². The molecule has 1 atom stereocenters. The van der Waals surface area contributed by atoms with Gasteiger partial charge in [-0.05, 0) is 303 Å². The van der Waals surface area contributed by atoms with Crippen LogP contribution < -0.4 is 9.80 Å². The van der Waals surface area contributed by atoms with E-state index in [0.717, 1.165) is 78.3 Å². The molecule has 0 aliphatic heterocycles. The Balaban J connectivity index is 0.540. The number of benzene rings is 22. The summed E-state index contributed by atoms with van der Waals surface area (Å²) in [6.07, 6.45) is 0. The molecule has 3 nitrogen and oxygen atoms in total. The molecule has 8 aliphatic carbocycles. The summed E-state index contributed by atoms with van der Waals surface area (Å²) in [6, 6.07) is 186. The standard InChI is InChI=1S/C136H80N2OS/c1-13-49-113-93(33-1)94-34-2-14-50-114(94)133(113)119-55-19-7-39-99(119)104-67-63-87(77-125(104)133)137(88-64-68-105-100-40-8-20-56-120(100)134(126(105)78-88)115-51-15-3-35-95(115)96-36-4-16-52-116(96)134)85-31-25-29-83(73-85)91-45-27-47-109-112-76-82(62-72-129(112)139-131(91)109)81-61-71-124-111(75-81)103-43-11-23-59-123(103)136(124)122-58-22-10-42-102(122)107-70-66-90(80-128(107)136)138(86-32-26-30-84(74-86)92-46-28-48-110-108-44-12-24-60-130(108)140-132(92)110)89-65-69-106-101-41-9-21-57-121(101)135(127(106)79-89)117-53-17-5-37-97(117)98-38-6-18-54-118(98)135/h1-80H. The predicted octanol–water partition coefficient (Wildman–Crippen LogP) is 35.3. The van der Waals surface area contributed by atoms with Crippen LogP contribution in [0.4, 0.5) is 34.1 Å². The number of hydrogen-bond donors (Lipinski definition) is 0. The van der Waals surface area contributed by atoms with Crippen molar-refractivity contribution in [3.63, 3.8) is 0 Å². The second-order valence-corrected chi connectivity index (χ2v) is 40.3. The summed E-state index contributed by atoms with van der Waals surface area (Å²) in [7, 11) is 0. The number of hydrogen-bond acceptors (Lipinski definition) is 4. The molecule has 22 aromatic carbocycles. The first-order chi connectivity index (χ1) is 69.4. The van der Waals surface area contributed by atoms with Crippen LogP contribution in [0.2, 0.25) is 0 Å². The van der Waals surface area contributed by atoms with Crippen molar-refractivity contribution < 1.29 is 4.42 Å². The van der Waals surface area contributed by atoms with Crippen LogP contribution in [0.25, 0.3) is 165 Å². The van der Waals surface area contributed by atoms with Crippen LogP contribution in [0.15, 0.2) is 490 Å². The second kappa shape index (κ2) is 28.1. The van der Waals surface area contributed by atoms with E-state index in [-0.39, 0.29) is 0 Å². The topological polar surface area (TPSA) is 19.6 Å². The van der Waals surface area contributed by atoms with E-state index in [1.54, 1.807) is 0 Å². The molecule has 1 unspecified atom stereocenters. The van der Waals surface area contributed by atoms with Gasteiger partial charge in [-0.25, -0.2) is 0 Å². The van der Waals surface area contributed by atoms with E-state index >= 15 is 0 Å². The number of thiophene rings is 1. The quantitative estimate of drug-likeness (QED) is 0.144. The van der Waals surface area contributed by atoms with Gasteiger partial charge in [-0.1, -0.05) is 388 Å². The number of furan rings is 1. The van der Waals surface area contributed by atoms with Gasteiger partial charge in [0.15, 0.2) is 0 Å². The Bertz CT molecular complexity index is 9280. The van der Waals surface area contributed by atoms with Gasteiger partial charge in [0.05, 0.1) is 21.7 Å². The average Bonchev–Trinajstić information content (AvgIpc) is 1.48. The largest absolute Gasteiger partial charge is 0.455 e. The van der Waals surface area contributed by atoms with E-state index in [1.807, 2.05) is 11.3 Å². The van der Waals surface area contributed by atoms with Gasteiger partial charge in [-0.2, -0.15) is 0 Å². The number of nitrogens with zero attached hydrogens (tertiary/aromatic N) is 2. The molecule has 2 aromatic heterocycles. The molecule has 646 valence electrons. The van der Waals surface area contributed by atoms with Gasteiger partial charge in [0.1, 0.15) is 11.2 Å². The van der Waals surface area contributed by atoms with Crippen LogP contribution in [-0.2, 0) is 21.7 Å². The molecule has 4 spiro atoms. The van der Waals surface area contributed by atoms with Gasteiger partial charge >= 0.3 is 0 Å². The van der Waals surface area contributed by atoms with Crippen LogP contribution in [0, 0.1) is 0 Å². The minimum absolute atomic E-state index is 0.549. The number of para-hydroxylation sites is 1. The van der Waals surface area contributed by atoms with Crippen LogP contribution >= 0.6 is 11.3 Å². The van der Waals surface area contributed by atoms with Gasteiger partial charge in [0.2, 0.25) is 0 Å². The third-order valence-corrected chi connectivity index (χ3v) is 34.3. The van der Waals surface area contributed by atoms with Crippen molar-refractivity contribution in [3.8, 4) is 122 Å². The monoisotopic (exact) mass is 1790 g/mol. The Morgan fingerprint density at radius 3 is 0.807 bits per heavy atom. The van der Waals surface area contributed by atoms with E-state index < -0.39 is 21.7 Å². The fourth-order valence-electron chi connectivity index (χ4n) is 27.8. The first-order valence-electron chi connectivity index (χ1n) is 48.9. The highest BCUT2D eigenvalue weighted by molar-refractivity contribution is 7.26. The molecule has 32 rings (SSSR count). The maximum atomic E-state index is 7.33. The highest BCUT2D eigenvalue weighted by atomic mass is 32.1. The van der Waals surface area contributed by atoms with Crippen molar-refractivity contribution in [2.24, 2.45) is 0 Å². The lowest BCUT2D eigenvalue weighted by atomic mass is 9.70. The fourth-order valence-corrected chi connectivity index (χ4v) is 29.1. The summed E-state index contributed by atoms with van der Waals surface area (Å²) < 4.78 is 9.92. The molecule has 140 heavy (non-hydrogen) atoms. The van der Waals surface area contributed by atoms with E-state index in [4.69, 9.17) is 4.42 Å². The van der Waals surface area contributed by atoms with Crippen molar-refractivity contribution in [2.75, 3.05) is 9.80 Å². The molecule has 0 saturated carbocycles. The summed E-state index contributed by atoms with van der Waals surface area (Å²) in [5.41, 5.74) is 53.7. The number of fused-ring (bicyclic) bond motifs is 46. The fraction of sp³-hybridized carbons (Fsp3) is 0.0294. The van der Waals surface area contributed by atoms with E-state index in [2.05, 4.69) is 495 Å². The first kappa shape index (κ1) is 76.7. The van der Waals surface area contributed by atoms with Crippen LogP contribution in [-0.4, -0.2) is 0 Å². The van der Waals surface area contributed by atoms with Crippen LogP contribution in [0.1, 0.15) is 89.0 Å². The molecular weight excluding hydrogens is 1710 g/mol. The Kier molecular flexibility index (Phi) is 15.4. The summed E-state index contributed by atoms with van der Waals surface area (Å²) in [5, 5.41) is 4.72. The smallest absolute Gasteiger partial charge is 0.143 e. The van der Waals surface area contributed by atoms with E-state index in [9.17, 15) is 0 Å². The first-order valence-corrected chi connectivity index (χ1v) is 49.7. The molecule has 0 amide bonds. The van der Waals surface area contributed by atoms with Gasteiger partial charge in [-0.15, -0.1) is 11.3 Å². The van der Waals surface area contributed by atoms with Crippen LogP contribution in [0.5, 0.6) is 0 Å². The predicted molar refractivity (Wildman–Crippen MR) is 577 cm³/mol. The lowest BCUT2D eigenvalue weighted by Gasteiger charge is -2.33. The highest BCUT2D eigenvalue weighted by Gasteiger charge is 2.57. The molecule has 24 aromatic rings. The van der Waals surface area contributed by atoms with Gasteiger partial charge < -0.3 is 14.2 Å². The number of anilines is 6. The maximum absolute atomic E-state index is 7.33. The Morgan fingerprint density at radius 1 is 0.157 bits per heavy atom. The third kappa shape index (κ3) is 9.72. The normalized spacial score (nSPS) is 15.1. The van der Waals surface area contributed by atoms with Crippen molar-refractivity contribution >= 4 is 87.6 Å². The zero-order valence-corrected chi connectivity index (χ0v) is 76.7. The number of rotatable bonds is 9. The van der Waals surface area contributed by atoms with Crippen molar-refractivity contribution in [1.82, 2.24) is 0 Å². The maximum Gasteiger partial charge on any atom is 0.143 e. The summed E-state index contributed by atoms with van der Waals surface area (Å²) in [4.78, 5) is 5.11. The SMILES string of the molecule is c1cc(-c2cccc3c2oc2ccc(-c4ccc5c(c4)-c4ccccc4C54c5ccccc5-c5ccc(N(c6cccc(-c7cccc8c7sc7ccccc78)c6)c6ccc7c(c6)C6(c8ccccc8-c8ccccc86)c6ccccc6-7)cc54)cc23)cc(N(c2ccc3c(c2)C2(c4ccccc4-c4ccccc42)c2ccccc2-3)c2ccc3c(c2)C2(c4ccccc4-c4ccccc42)c2ccccc2-3)c1. The molecule has 2 heterocycles. The minimum Gasteiger partial charge on any atom is -0.455 e. The summed E-state index contributed by atoms with van der Waals surface area (Å²) >= 11 is 1.89. The van der Waals surface area contributed by atoms with E-state index in [0.29, 0.717) is 0 Å². The zero-order chi connectivity index (χ0) is 91.2. The molecule has 0 fully saturated rings. The van der Waals surface area contributed by atoms with E-state index in [1.165, 1.54) is 209 Å². The van der Waals surface area contributed by atoms with Crippen molar-refractivity contribution in [1.29, 1.82) is 0 Å². The second-order valence-electron chi connectivity index (χ2n) is 39.2. The van der Waals surface area contributed by atoms with Gasteiger partial charge in [0, 0.05) is 70.6 Å².